The van der Waals surface area contributed by atoms with Gasteiger partial charge in [-0.25, -0.2) is 9.50 Å². The van der Waals surface area contributed by atoms with Crippen molar-refractivity contribution >= 4 is 11.6 Å². The number of hydrogen-bond donors (Lipinski definition) is 0. The summed E-state index contributed by atoms with van der Waals surface area (Å²) in [5.74, 6) is 0.0376. The van der Waals surface area contributed by atoms with E-state index in [9.17, 15) is 4.79 Å². The second kappa shape index (κ2) is 6.24. The monoisotopic (exact) mass is 346 g/mol. The maximum atomic E-state index is 13.2. The highest BCUT2D eigenvalue weighted by atomic mass is 16.2. The Hall–Kier alpha value is -2.69. The van der Waals surface area contributed by atoms with E-state index >= 15 is 0 Å². The molecule has 5 rings (SSSR count). The predicted molar refractivity (Wildman–Crippen MR) is 99.1 cm³/mol. The summed E-state index contributed by atoms with van der Waals surface area (Å²) in [6.45, 7) is 1.41. The van der Waals surface area contributed by atoms with Crippen molar-refractivity contribution in [1.29, 1.82) is 0 Å². The summed E-state index contributed by atoms with van der Waals surface area (Å²) in [7, 11) is 0. The molecular formula is C21H22N4O. The first-order valence-electron chi connectivity index (χ1n) is 9.52. The SMILES string of the molecule is O=C(c1cnn2c3c(cnc12)CCCCC3)N1CCc2ccccc2C1. The Morgan fingerprint density at radius 3 is 2.69 bits per heavy atom. The first kappa shape index (κ1) is 15.6. The third-order valence-electron chi connectivity index (χ3n) is 5.72. The summed E-state index contributed by atoms with van der Waals surface area (Å²) < 4.78 is 1.91. The molecule has 2 aliphatic rings. The third-order valence-corrected chi connectivity index (χ3v) is 5.72. The van der Waals surface area contributed by atoms with Gasteiger partial charge in [0.2, 0.25) is 0 Å². The van der Waals surface area contributed by atoms with Crippen LogP contribution in [0.1, 0.15) is 52.0 Å². The lowest BCUT2D eigenvalue weighted by molar-refractivity contribution is 0.0736. The zero-order chi connectivity index (χ0) is 17.5. The highest BCUT2D eigenvalue weighted by Crippen LogP contribution is 2.24. The summed E-state index contributed by atoms with van der Waals surface area (Å²) in [5.41, 5.74) is 6.43. The van der Waals surface area contributed by atoms with Crippen LogP contribution in [-0.2, 0) is 25.8 Å². The Kier molecular flexibility index (Phi) is 3.73. The van der Waals surface area contributed by atoms with Gasteiger partial charge in [0.05, 0.1) is 6.20 Å². The quantitative estimate of drug-likeness (QED) is 0.636. The molecule has 5 heteroatoms. The Morgan fingerprint density at radius 2 is 1.77 bits per heavy atom. The van der Waals surface area contributed by atoms with Gasteiger partial charge in [-0.3, -0.25) is 4.79 Å². The van der Waals surface area contributed by atoms with Gasteiger partial charge in [0.25, 0.3) is 5.91 Å². The molecule has 2 aromatic heterocycles. The molecule has 0 fully saturated rings. The third kappa shape index (κ3) is 2.50. The highest BCUT2D eigenvalue weighted by molar-refractivity contribution is 5.99. The molecule has 26 heavy (non-hydrogen) atoms. The fourth-order valence-electron chi connectivity index (χ4n) is 4.26. The molecule has 0 bridgehead atoms. The summed E-state index contributed by atoms with van der Waals surface area (Å²) in [6.07, 6.45) is 10.3. The number of aryl methyl sites for hydroxylation is 2. The van der Waals surface area contributed by atoms with Gasteiger partial charge in [-0.15, -0.1) is 0 Å². The molecule has 0 radical (unpaired) electrons. The lowest BCUT2D eigenvalue weighted by Crippen LogP contribution is -2.35. The summed E-state index contributed by atoms with van der Waals surface area (Å²) >= 11 is 0. The predicted octanol–water partition coefficient (Wildman–Crippen LogP) is 3.20. The largest absolute Gasteiger partial charge is 0.334 e. The molecule has 0 saturated carbocycles. The van der Waals surface area contributed by atoms with Crippen LogP contribution in [-0.4, -0.2) is 31.9 Å². The van der Waals surface area contributed by atoms with Crippen LogP contribution in [0.5, 0.6) is 0 Å². The number of nitrogens with zero attached hydrogens (tertiary/aromatic N) is 4. The van der Waals surface area contributed by atoms with E-state index < -0.39 is 0 Å². The second-order valence-electron chi connectivity index (χ2n) is 7.33. The van der Waals surface area contributed by atoms with Gasteiger partial charge in [-0.05, 0) is 48.8 Å². The van der Waals surface area contributed by atoms with E-state index in [0.717, 1.165) is 25.8 Å². The van der Waals surface area contributed by atoms with Gasteiger partial charge < -0.3 is 4.90 Å². The van der Waals surface area contributed by atoms with Crippen LogP contribution < -0.4 is 0 Å². The minimum atomic E-state index is 0.0376. The molecule has 0 N–H and O–H groups in total. The Balaban J connectivity index is 1.50. The normalized spacial score (nSPS) is 16.8. The average Bonchev–Trinajstić information content (AvgIpc) is 2.97. The van der Waals surface area contributed by atoms with E-state index in [1.54, 1.807) is 6.20 Å². The lowest BCUT2D eigenvalue weighted by Gasteiger charge is -2.28. The Labute approximate surface area is 152 Å². The van der Waals surface area contributed by atoms with Crippen molar-refractivity contribution in [3.05, 3.63) is 64.6 Å². The van der Waals surface area contributed by atoms with Gasteiger partial charge in [0.1, 0.15) is 5.56 Å². The number of carbonyl (C=O) groups is 1. The number of carbonyl (C=O) groups excluding carboxylic acids is 1. The maximum Gasteiger partial charge on any atom is 0.259 e. The van der Waals surface area contributed by atoms with E-state index in [0.29, 0.717) is 17.8 Å². The van der Waals surface area contributed by atoms with Crippen molar-refractivity contribution in [3.8, 4) is 0 Å². The molecule has 0 atom stereocenters. The first-order chi connectivity index (χ1) is 12.8. The van der Waals surface area contributed by atoms with Gasteiger partial charge in [-0.1, -0.05) is 30.7 Å². The molecule has 0 saturated heterocycles. The Morgan fingerprint density at radius 1 is 0.923 bits per heavy atom. The number of benzene rings is 1. The highest BCUT2D eigenvalue weighted by Gasteiger charge is 2.25. The van der Waals surface area contributed by atoms with Crippen LogP contribution in [0.2, 0.25) is 0 Å². The Bertz CT molecular complexity index is 991. The molecule has 3 aromatic rings. The molecule has 5 nitrogen and oxygen atoms in total. The topological polar surface area (TPSA) is 50.5 Å². The molecule has 0 spiro atoms. The van der Waals surface area contributed by atoms with Gasteiger partial charge in [0, 0.05) is 25.0 Å². The molecular weight excluding hydrogens is 324 g/mol. The van der Waals surface area contributed by atoms with Gasteiger partial charge >= 0.3 is 0 Å². The average molecular weight is 346 g/mol. The number of amides is 1. The molecule has 132 valence electrons. The number of rotatable bonds is 1. The molecule has 3 heterocycles. The fourth-order valence-corrected chi connectivity index (χ4v) is 4.26. The second-order valence-corrected chi connectivity index (χ2v) is 7.33. The van der Waals surface area contributed by atoms with E-state index in [1.807, 2.05) is 21.7 Å². The van der Waals surface area contributed by atoms with Crippen LogP contribution in [0.4, 0.5) is 0 Å². The smallest absolute Gasteiger partial charge is 0.259 e. The van der Waals surface area contributed by atoms with Crippen molar-refractivity contribution in [1.82, 2.24) is 19.5 Å². The van der Waals surface area contributed by atoms with Crippen LogP contribution in [0, 0.1) is 0 Å². The molecule has 1 amide bonds. The van der Waals surface area contributed by atoms with E-state index in [1.165, 1.54) is 41.6 Å². The van der Waals surface area contributed by atoms with E-state index in [4.69, 9.17) is 0 Å². The minimum absolute atomic E-state index is 0.0376. The molecule has 0 unspecified atom stereocenters. The van der Waals surface area contributed by atoms with Crippen LogP contribution in [0.3, 0.4) is 0 Å². The zero-order valence-electron chi connectivity index (χ0n) is 14.8. The standard InChI is InChI=1S/C21H22N4O/c26-21(24-11-10-15-6-4-5-8-17(15)14-24)18-13-23-25-19-9-3-1-2-7-16(19)12-22-20(18)25/h4-6,8,12-13H,1-3,7,9-11,14H2. The van der Waals surface area contributed by atoms with Crippen molar-refractivity contribution < 1.29 is 4.79 Å². The van der Waals surface area contributed by atoms with E-state index in [-0.39, 0.29) is 5.91 Å². The maximum absolute atomic E-state index is 13.2. The van der Waals surface area contributed by atoms with Crippen molar-refractivity contribution in [2.24, 2.45) is 0 Å². The number of hydrogen-bond acceptors (Lipinski definition) is 3. The summed E-state index contributed by atoms with van der Waals surface area (Å²) in [4.78, 5) is 19.7. The summed E-state index contributed by atoms with van der Waals surface area (Å²) in [6, 6.07) is 8.38. The van der Waals surface area contributed by atoms with Crippen molar-refractivity contribution in [2.45, 2.75) is 45.1 Å². The van der Waals surface area contributed by atoms with Crippen molar-refractivity contribution in [2.75, 3.05) is 6.54 Å². The fraction of sp³-hybridized carbons (Fsp3) is 0.381. The minimum Gasteiger partial charge on any atom is -0.334 e. The molecule has 1 aromatic carbocycles. The first-order valence-corrected chi connectivity index (χ1v) is 9.52. The number of fused-ring (bicyclic) bond motifs is 4. The van der Waals surface area contributed by atoms with Crippen LogP contribution in [0.25, 0.3) is 5.65 Å². The summed E-state index contributed by atoms with van der Waals surface area (Å²) in [5, 5.41) is 4.54. The number of aromatic nitrogens is 3. The van der Waals surface area contributed by atoms with E-state index in [2.05, 4.69) is 28.3 Å². The molecule has 1 aliphatic heterocycles. The van der Waals surface area contributed by atoms with Gasteiger partial charge in [0.15, 0.2) is 5.65 Å². The molecule has 1 aliphatic carbocycles. The zero-order valence-corrected chi connectivity index (χ0v) is 14.8. The lowest BCUT2D eigenvalue weighted by atomic mass is 9.99. The van der Waals surface area contributed by atoms with Crippen LogP contribution >= 0.6 is 0 Å². The van der Waals surface area contributed by atoms with Gasteiger partial charge in [-0.2, -0.15) is 5.10 Å². The van der Waals surface area contributed by atoms with Crippen LogP contribution in [0.15, 0.2) is 36.7 Å². The van der Waals surface area contributed by atoms with Crippen molar-refractivity contribution in [3.63, 3.8) is 0 Å².